The maximum Gasteiger partial charge on any atom is 0.303 e. The molecule has 2 aromatic heterocycles. The number of aliphatic carboxylic acids is 1. The van der Waals surface area contributed by atoms with E-state index in [1.165, 1.54) is 5.01 Å². The minimum Gasteiger partial charge on any atom is -0.481 e. The molecule has 0 unspecified atom stereocenters. The van der Waals surface area contributed by atoms with Crippen LogP contribution in [0.1, 0.15) is 35.9 Å². The number of carboxylic acids is 1. The van der Waals surface area contributed by atoms with Crippen molar-refractivity contribution in [3.8, 4) is 0 Å². The minimum absolute atomic E-state index is 0.0756. The number of thiophene rings is 1. The van der Waals surface area contributed by atoms with Crippen LogP contribution in [0.3, 0.4) is 0 Å². The molecule has 6 nitrogen and oxygen atoms in total. The van der Waals surface area contributed by atoms with Gasteiger partial charge >= 0.3 is 5.97 Å². The number of rotatable bonds is 5. The average Bonchev–Trinajstić information content (AvgIpc) is 3.23. The van der Waals surface area contributed by atoms with Crippen LogP contribution in [0.5, 0.6) is 0 Å². The first kappa shape index (κ1) is 14.5. The van der Waals surface area contributed by atoms with Crippen LogP contribution in [-0.4, -0.2) is 27.7 Å². The first-order valence-corrected chi connectivity index (χ1v) is 7.71. The highest BCUT2D eigenvalue weighted by atomic mass is 32.1. The number of hydrogen-bond donors (Lipinski definition) is 1. The normalized spacial score (nSPS) is 17.5. The van der Waals surface area contributed by atoms with E-state index in [-0.39, 0.29) is 24.8 Å². The zero-order valence-electron chi connectivity index (χ0n) is 11.6. The maximum atomic E-state index is 12.3. The second kappa shape index (κ2) is 6.15. The molecule has 1 atom stereocenters. The van der Waals surface area contributed by atoms with E-state index in [9.17, 15) is 9.59 Å². The van der Waals surface area contributed by atoms with Gasteiger partial charge in [-0.25, -0.2) is 5.01 Å². The van der Waals surface area contributed by atoms with Gasteiger partial charge in [0.15, 0.2) is 0 Å². The Morgan fingerprint density at radius 2 is 2.23 bits per heavy atom. The van der Waals surface area contributed by atoms with Gasteiger partial charge in [-0.15, -0.1) is 11.3 Å². The number of amides is 1. The zero-order chi connectivity index (χ0) is 15.5. The summed E-state index contributed by atoms with van der Waals surface area (Å²) >= 11 is 1.56. The van der Waals surface area contributed by atoms with E-state index >= 15 is 0 Å². The first-order valence-electron chi connectivity index (χ1n) is 6.84. The third-order valence-corrected chi connectivity index (χ3v) is 4.31. The van der Waals surface area contributed by atoms with Gasteiger partial charge in [0.2, 0.25) is 5.91 Å². The smallest absolute Gasteiger partial charge is 0.303 e. The molecule has 0 saturated carbocycles. The highest BCUT2D eigenvalue weighted by molar-refractivity contribution is 7.12. The van der Waals surface area contributed by atoms with Crippen LogP contribution in [0.15, 0.2) is 45.4 Å². The third-order valence-electron chi connectivity index (χ3n) is 3.40. The molecule has 114 valence electrons. The van der Waals surface area contributed by atoms with Crippen LogP contribution < -0.4 is 0 Å². The standard InChI is InChI=1S/C15H14N2O4S/c18-14(5-6-15(19)20)17-11(12-3-1-7-21-12)9-10(16-17)13-4-2-8-22-13/h1-4,7-8,11H,5-6,9H2,(H,19,20)/t11-/m0/s1. The second-order valence-electron chi connectivity index (χ2n) is 4.89. The summed E-state index contributed by atoms with van der Waals surface area (Å²) in [7, 11) is 0. The minimum atomic E-state index is -0.996. The molecule has 1 aliphatic heterocycles. The van der Waals surface area contributed by atoms with Gasteiger partial charge < -0.3 is 9.52 Å². The summed E-state index contributed by atoms with van der Waals surface area (Å²) < 4.78 is 5.41. The summed E-state index contributed by atoms with van der Waals surface area (Å²) in [5, 5.41) is 16.4. The quantitative estimate of drug-likeness (QED) is 0.919. The van der Waals surface area contributed by atoms with Gasteiger partial charge in [-0.05, 0) is 23.6 Å². The van der Waals surface area contributed by atoms with Crippen molar-refractivity contribution in [1.82, 2.24) is 5.01 Å². The topological polar surface area (TPSA) is 83.1 Å². The van der Waals surface area contributed by atoms with E-state index in [1.54, 1.807) is 29.7 Å². The Morgan fingerprint density at radius 3 is 2.86 bits per heavy atom. The fourth-order valence-electron chi connectivity index (χ4n) is 2.36. The monoisotopic (exact) mass is 318 g/mol. The van der Waals surface area contributed by atoms with E-state index in [0.717, 1.165) is 10.6 Å². The highest BCUT2D eigenvalue weighted by Crippen LogP contribution is 2.34. The number of carbonyl (C=O) groups excluding carboxylic acids is 1. The molecule has 3 heterocycles. The molecule has 0 spiro atoms. The zero-order valence-corrected chi connectivity index (χ0v) is 12.5. The highest BCUT2D eigenvalue weighted by Gasteiger charge is 2.34. The van der Waals surface area contributed by atoms with Gasteiger partial charge in [0.25, 0.3) is 0 Å². The molecule has 0 aliphatic carbocycles. The molecule has 0 bridgehead atoms. The lowest BCUT2D eigenvalue weighted by molar-refractivity contribution is -0.141. The molecular weight excluding hydrogens is 304 g/mol. The van der Waals surface area contributed by atoms with Crippen molar-refractivity contribution >= 4 is 28.9 Å². The Bertz CT molecular complexity index is 691. The fourth-order valence-corrected chi connectivity index (χ4v) is 3.08. The lowest BCUT2D eigenvalue weighted by Crippen LogP contribution is -2.27. The Kier molecular flexibility index (Phi) is 4.06. The van der Waals surface area contributed by atoms with Crippen LogP contribution >= 0.6 is 11.3 Å². The van der Waals surface area contributed by atoms with Gasteiger partial charge in [0.05, 0.1) is 23.3 Å². The molecule has 1 aliphatic rings. The summed E-state index contributed by atoms with van der Waals surface area (Å²) in [6, 6.07) is 7.13. The van der Waals surface area contributed by atoms with E-state index in [1.807, 2.05) is 17.5 Å². The van der Waals surface area contributed by atoms with Gasteiger partial charge in [0.1, 0.15) is 11.8 Å². The van der Waals surface area contributed by atoms with Crippen molar-refractivity contribution in [2.24, 2.45) is 5.10 Å². The Morgan fingerprint density at radius 1 is 1.36 bits per heavy atom. The molecule has 0 aromatic carbocycles. The summed E-state index contributed by atoms with van der Waals surface area (Å²) in [5.74, 6) is -0.654. The Labute approximate surface area is 130 Å². The predicted octanol–water partition coefficient (Wildman–Crippen LogP) is 2.88. The van der Waals surface area contributed by atoms with Crippen LogP contribution in [0.2, 0.25) is 0 Å². The van der Waals surface area contributed by atoms with Gasteiger partial charge in [-0.1, -0.05) is 6.07 Å². The van der Waals surface area contributed by atoms with E-state index in [0.29, 0.717) is 12.2 Å². The maximum absolute atomic E-state index is 12.3. The summed E-state index contributed by atoms with van der Waals surface area (Å²) in [5.41, 5.74) is 0.820. The first-order chi connectivity index (χ1) is 10.6. The van der Waals surface area contributed by atoms with E-state index < -0.39 is 5.97 Å². The summed E-state index contributed by atoms with van der Waals surface area (Å²) in [6.07, 6.45) is 1.84. The predicted molar refractivity (Wildman–Crippen MR) is 80.6 cm³/mol. The fraction of sp³-hybridized carbons (Fsp3) is 0.267. The molecule has 22 heavy (non-hydrogen) atoms. The molecule has 7 heteroatoms. The van der Waals surface area contributed by atoms with Crippen LogP contribution in [0.4, 0.5) is 0 Å². The van der Waals surface area contributed by atoms with Crippen molar-refractivity contribution in [3.63, 3.8) is 0 Å². The molecule has 3 rings (SSSR count). The number of nitrogens with zero attached hydrogens (tertiary/aromatic N) is 2. The van der Waals surface area contributed by atoms with Crippen molar-refractivity contribution in [2.75, 3.05) is 0 Å². The van der Waals surface area contributed by atoms with Gasteiger partial charge in [0, 0.05) is 12.8 Å². The lowest BCUT2D eigenvalue weighted by atomic mass is 10.1. The van der Waals surface area contributed by atoms with Crippen molar-refractivity contribution in [3.05, 3.63) is 46.5 Å². The number of hydrazone groups is 1. The third kappa shape index (κ3) is 2.94. The van der Waals surface area contributed by atoms with E-state index in [2.05, 4.69) is 5.10 Å². The summed E-state index contributed by atoms with van der Waals surface area (Å²) in [6.45, 7) is 0. The van der Waals surface area contributed by atoms with Gasteiger partial charge in [-0.3, -0.25) is 9.59 Å². The molecule has 0 saturated heterocycles. The van der Waals surface area contributed by atoms with Crippen molar-refractivity contribution in [2.45, 2.75) is 25.3 Å². The van der Waals surface area contributed by atoms with Crippen molar-refractivity contribution in [1.29, 1.82) is 0 Å². The number of furan rings is 1. The second-order valence-corrected chi connectivity index (χ2v) is 5.84. The largest absolute Gasteiger partial charge is 0.481 e. The summed E-state index contributed by atoms with van der Waals surface area (Å²) in [4.78, 5) is 23.9. The van der Waals surface area contributed by atoms with E-state index in [4.69, 9.17) is 9.52 Å². The average molecular weight is 318 g/mol. The number of hydrogen-bond acceptors (Lipinski definition) is 5. The molecule has 0 radical (unpaired) electrons. The molecule has 1 amide bonds. The van der Waals surface area contributed by atoms with Crippen LogP contribution in [0, 0.1) is 0 Å². The molecular formula is C15H14N2O4S. The van der Waals surface area contributed by atoms with Crippen LogP contribution in [0.25, 0.3) is 0 Å². The van der Waals surface area contributed by atoms with Crippen molar-refractivity contribution < 1.29 is 19.1 Å². The SMILES string of the molecule is O=C(O)CCC(=O)N1N=C(c2cccs2)C[C@H]1c1ccco1. The number of carbonyl (C=O) groups is 2. The molecule has 0 fully saturated rings. The Hall–Kier alpha value is -2.41. The van der Waals surface area contributed by atoms with Crippen LogP contribution in [-0.2, 0) is 9.59 Å². The Balaban J connectivity index is 1.84. The number of carboxylic acid groups (broad SMARTS) is 1. The lowest BCUT2D eigenvalue weighted by Gasteiger charge is -2.19. The molecule has 2 aromatic rings. The van der Waals surface area contributed by atoms with Gasteiger partial charge in [-0.2, -0.15) is 5.10 Å². The molecule has 1 N–H and O–H groups in total.